The Labute approximate surface area is 181 Å². The first-order valence-corrected chi connectivity index (χ1v) is 10.4. The van der Waals surface area contributed by atoms with Crippen molar-refractivity contribution in [3.8, 4) is 17.0 Å². The molecule has 0 N–H and O–H groups in total. The van der Waals surface area contributed by atoms with Gasteiger partial charge in [-0.05, 0) is 12.1 Å². The highest BCUT2D eigenvalue weighted by atomic mass is 16.5. The van der Waals surface area contributed by atoms with Crippen LogP contribution >= 0.6 is 0 Å². The van der Waals surface area contributed by atoms with Gasteiger partial charge in [0, 0.05) is 30.4 Å². The summed E-state index contributed by atoms with van der Waals surface area (Å²) in [5.41, 5.74) is 2.37. The van der Waals surface area contributed by atoms with Gasteiger partial charge in [0.2, 0.25) is 5.91 Å². The van der Waals surface area contributed by atoms with Crippen LogP contribution in [-0.2, 0) is 16.1 Å². The molecule has 0 unspecified atom stereocenters. The lowest BCUT2D eigenvalue weighted by molar-refractivity contribution is -0.139. The Morgan fingerprint density at radius 3 is 3.00 bits per heavy atom. The predicted octanol–water partition coefficient (Wildman–Crippen LogP) is 3.07. The highest BCUT2D eigenvalue weighted by molar-refractivity contribution is 5.76. The Kier molecular flexibility index (Phi) is 6.27. The summed E-state index contributed by atoms with van der Waals surface area (Å²) in [6, 6.07) is 7.69. The second-order valence-electron chi connectivity index (χ2n) is 7.83. The Bertz CT molecular complexity index is 1050. The molecule has 162 valence electrons. The van der Waals surface area contributed by atoms with Gasteiger partial charge in [0.05, 0.1) is 44.0 Å². The van der Waals surface area contributed by atoms with Crippen molar-refractivity contribution in [3.63, 3.8) is 0 Å². The first kappa shape index (κ1) is 21.0. The number of carbonyl (C=O) groups excluding carboxylic acids is 1. The fourth-order valence-electron chi connectivity index (χ4n) is 3.71. The zero-order valence-corrected chi connectivity index (χ0v) is 18.1. The predicted molar refractivity (Wildman–Crippen MR) is 116 cm³/mol. The highest BCUT2D eigenvalue weighted by Gasteiger charge is 2.27. The third-order valence-electron chi connectivity index (χ3n) is 5.34. The second-order valence-corrected chi connectivity index (χ2v) is 7.83. The highest BCUT2D eigenvalue weighted by Crippen LogP contribution is 2.25. The molecule has 1 aromatic carbocycles. The quantitative estimate of drug-likeness (QED) is 0.608. The number of benzene rings is 1. The zero-order valence-electron chi connectivity index (χ0n) is 18.1. The average molecular weight is 422 g/mol. The number of methoxy groups -OCH3 is 1. The Hall–Kier alpha value is -3.26. The molecule has 1 saturated heterocycles. The van der Waals surface area contributed by atoms with Crippen LogP contribution < -0.4 is 4.74 Å². The molecule has 1 amide bonds. The molecule has 0 radical (unpaired) electrons. The summed E-state index contributed by atoms with van der Waals surface area (Å²) in [5.74, 6) is 1.98. The molecule has 3 heterocycles. The van der Waals surface area contributed by atoms with Crippen molar-refractivity contribution in [2.75, 3.05) is 26.8 Å². The summed E-state index contributed by atoms with van der Waals surface area (Å²) >= 11 is 0. The van der Waals surface area contributed by atoms with Crippen molar-refractivity contribution < 1.29 is 14.3 Å². The van der Waals surface area contributed by atoms with Crippen molar-refractivity contribution >= 4 is 5.91 Å². The van der Waals surface area contributed by atoms with Gasteiger partial charge in [-0.2, -0.15) is 0 Å². The molecule has 31 heavy (non-hydrogen) atoms. The molecule has 8 nitrogen and oxygen atoms in total. The summed E-state index contributed by atoms with van der Waals surface area (Å²) < 4.78 is 13.2. The van der Waals surface area contributed by atoms with Gasteiger partial charge >= 0.3 is 0 Å². The minimum absolute atomic E-state index is 0.0464. The molecule has 1 fully saturated rings. The van der Waals surface area contributed by atoms with Gasteiger partial charge in [-0.15, -0.1) is 0 Å². The summed E-state index contributed by atoms with van der Waals surface area (Å²) in [4.78, 5) is 28.3. The van der Waals surface area contributed by atoms with Gasteiger partial charge < -0.3 is 18.9 Å². The van der Waals surface area contributed by atoms with E-state index in [4.69, 9.17) is 14.5 Å². The molecule has 0 spiro atoms. The van der Waals surface area contributed by atoms with Gasteiger partial charge in [0.15, 0.2) is 0 Å². The minimum atomic E-state index is -0.317. The third kappa shape index (κ3) is 4.74. The maximum atomic E-state index is 12.9. The molecule has 0 bridgehead atoms. The van der Waals surface area contributed by atoms with Crippen LogP contribution in [0.1, 0.15) is 37.4 Å². The monoisotopic (exact) mass is 421 g/mol. The number of nitrogens with zero attached hydrogens (tertiary/aromatic N) is 5. The average Bonchev–Trinajstić information content (AvgIpc) is 3.28. The van der Waals surface area contributed by atoms with E-state index < -0.39 is 0 Å². The van der Waals surface area contributed by atoms with E-state index in [-0.39, 0.29) is 24.5 Å². The molecule has 1 aliphatic heterocycles. The molecule has 2 aromatic heterocycles. The number of amides is 1. The van der Waals surface area contributed by atoms with Gasteiger partial charge in [-0.25, -0.2) is 9.97 Å². The van der Waals surface area contributed by atoms with Crippen LogP contribution in [0.25, 0.3) is 11.3 Å². The lowest BCUT2D eigenvalue weighted by Crippen LogP contribution is -2.44. The number of ether oxygens (including phenoxy) is 2. The van der Waals surface area contributed by atoms with Gasteiger partial charge in [-0.3, -0.25) is 9.78 Å². The van der Waals surface area contributed by atoms with Crippen molar-refractivity contribution in [1.82, 2.24) is 24.4 Å². The molecule has 8 heteroatoms. The zero-order chi connectivity index (χ0) is 21.8. The number of imidazole rings is 1. The van der Waals surface area contributed by atoms with E-state index in [9.17, 15) is 4.79 Å². The fraction of sp³-hybridized carbons (Fsp3) is 0.391. The Balaban J connectivity index is 1.48. The Morgan fingerprint density at radius 1 is 1.32 bits per heavy atom. The number of morpholine rings is 1. The van der Waals surface area contributed by atoms with Crippen LogP contribution in [0.3, 0.4) is 0 Å². The number of rotatable bonds is 6. The molecule has 0 aliphatic carbocycles. The van der Waals surface area contributed by atoms with Crippen molar-refractivity contribution in [2.24, 2.45) is 0 Å². The topological polar surface area (TPSA) is 82.4 Å². The summed E-state index contributed by atoms with van der Waals surface area (Å²) in [6.45, 7) is 5.88. The molecular weight excluding hydrogens is 394 g/mol. The van der Waals surface area contributed by atoms with E-state index in [1.807, 2.05) is 39.9 Å². The Morgan fingerprint density at radius 2 is 2.19 bits per heavy atom. The van der Waals surface area contributed by atoms with Crippen molar-refractivity contribution in [3.05, 3.63) is 60.6 Å². The van der Waals surface area contributed by atoms with Crippen LogP contribution in [0.15, 0.2) is 49.1 Å². The number of aromatic nitrogens is 4. The fourth-order valence-corrected chi connectivity index (χ4v) is 3.71. The first-order valence-electron chi connectivity index (χ1n) is 10.4. The lowest BCUT2D eigenvalue weighted by atomic mass is 10.1. The first-order chi connectivity index (χ1) is 15.0. The summed E-state index contributed by atoms with van der Waals surface area (Å²) in [5, 5.41) is 0. The third-order valence-corrected chi connectivity index (χ3v) is 5.34. The molecule has 1 atom stereocenters. The normalized spacial score (nSPS) is 16.5. The van der Waals surface area contributed by atoms with Crippen molar-refractivity contribution in [1.29, 1.82) is 0 Å². The number of carbonyl (C=O) groups is 1. The van der Waals surface area contributed by atoms with E-state index in [0.29, 0.717) is 25.4 Å². The maximum absolute atomic E-state index is 12.9. The lowest BCUT2D eigenvalue weighted by Gasteiger charge is -2.33. The molecule has 4 rings (SSSR count). The minimum Gasteiger partial charge on any atom is -0.497 e. The smallest absolute Gasteiger partial charge is 0.242 e. The molecule has 0 saturated carbocycles. The van der Waals surface area contributed by atoms with E-state index in [1.165, 1.54) is 0 Å². The van der Waals surface area contributed by atoms with Crippen LogP contribution in [0.5, 0.6) is 5.75 Å². The van der Waals surface area contributed by atoms with Gasteiger partial charge in [-0.1, -0.05) is 26.0 Å². The maximum Gasteiger partial charge on any atom is 0.242 e. The van der Waals surface area contributed by atoms with Crippen LogP contribution in [-0.4, -0.2) is 57.1 Å². The van der Waals surface area contributed by atoms with E-state index in [2.05, 4.69) is 23.8 Å². The SMILES string of the molecule is COc1cccc(-c2cncc([C@@H]3CN(C(=O)Cn4ccnc4C(C)C)CCO3)n2)c1. The standard InChI is InChI=1S/C23H27N5O3/c1-16(2)23-25-7-8-28(23)15-22(29)27-9-10-31-21(14-27)20-13-24-12-19(26-20)17-5-4-6-18(11-17)30-3/h4-8,11-13,16,21H,9-10,14-15H2,1-3H3/t21-/m0/s1. The summed E-state index contributed by atoms with van der Waals surface area (Å²) in [6.07, 6.45) is 6.70. The van der Waals surface area contributed by atoms with Crippen LogP contribution in [0.2, 0.25) is 0 Å². The molecule has 1 aliphatic rings. The van der Waals surface area contributed by atoms with Crippen LogP contribution in [0, 0.1) is 0 Å². The largest absolute Gasteiger partial charge is 0.497 e. The van der Waals surface area contributed by atoms with E-state index in [0.717, 1.165) is 22.8 Å². The molecular formula is C23H27N5O3. The van der Waals surface area contributed by atoms with E-state index >= 15 is 0 Å². The van der Waals surface area contributed by atoms with Crippen molar-refractivity contribution in [2.45, 2.75) is 32.4 Å². The second kappa shape index (κ2) is 9.26. The summed E-state index contributed by atoms with van der Waals surface area (Å²) in [7, 11) is 1.64. The van der Waals surface area contributed by atoms with Gasteiger partial charge in [0.1, 0.15) is 24.2 Å². The number of hydrogen-bond donors (Lipinski definition) is 0. The number of hydrogen-bond acceptors (Lipinski definition) is 6. The van der Waals surface area contributed by atoms with Crippen LogP contribution in [0.4, 0.5) is 0 Å². The molecule has 3 aromatic rings. The van der Waals surface area contributed by atoms with Gasteiger partial charge in [0.25, 0.3) is 0 Å². The van der Waals surface area contributed by atoms with E-state index in [1.54, 1.807) is 25.7 Å².